The number of nitrogens with zero attached hydrogens (tertiary/aromatic N) is 1. The Morgan fingerprint density at radius 2 is 1.37 bits per heavy atom. The topological polar surface area (TPSA) is 116 Å². The predicted molar refractivity (Wildman–Crippen MR) is 201 cm³/mol. The lowest BCUT2D eigenvalue weighted by molar-refractivity contribution is -0.156. The Morgan fingerprint density at radius 1 is 0.878 bits per heavy atom. The number of amides is 2. The van der Waals surface area contributed by atoms with E-state index < -0.39 is 45.1 Å². The van der Waals surface area contributed by atoms with Gasteiger partial charge in [0.2, 0.25) is 5.91 Å². The summed E-state index contributed by atoms with van der Waals surface area (Å²) in [5.41, 5.74) is 5.67. The quantitative estimate of drug-likeness (QED) is 0.0472. The minimum Gasteiger partial charge on any atom is -0.457 e. The fourth-order valence-electron chi connectivity index (χ4n) is 6.47. The number of esters is 1. The molecule has 3 atom stereocenters. The summed E-state index contributed by atoms with van der Waals surface area (Å²) in [6, 6.07) is 31.5. The van der Waals surface area contributed by atoms with Crippen LogP contribution in [0.2, 0.25) is 19.6 Å². The number of Topliss-reactive ketones (excluding diaryl/α,β-unsaturated/α-hetero) is 1. The van der Waals surface area contributed by atoms with Crippen LogP contribution in [0, 0.1) is 5.92 Å². The van der Waals surface area contributed by atoms with Gasteiger partial charge in [-0.05, 0) is 54.6 Å². The van der Waals surface area contributed by atoms with Crippen LogP contribution in [0.25, 0.3) is 0 Å². The van der Waals surface area contributed by atoms with Crippen molar-refractivity contribution in [2.75, 3.05) is 6.61 Å². The number of thiophene rings is 1. The van der Waals surface area contributed by atoms with Crippen LogP contribution >= 0.6 is 18.2 Å². The molecule has 0 radical (unpaired) electrons. The van der Waals surface area contributed by atoms with Crippen molar-refractivity contribution in [3.8, 4) is 0 Å². The van der Waals surface area contributed by atoms with E-state index >= 15 is 0 Å². The molecule has 1 aromatic heterocycles. The molecule has 1 fully saturated rings. The van der Waals surface area contributed by atoms with Gasteiger partial charge in [0.05, 0.1) is 27.8 Å². The maximum atomic E-state index is 14.7. The Morgan fingerprint density at radius 3 is 1.80 bits per heavy atom. The molecule has 3 aromatic carbocycles. The zero-order chi connectivity index (χ0) is 35.3. The van der Waals surface area contributed by atoms with Crippen molar-refractivity contribution < 1.29 is 28.3 Å². The number of primary amides is 1. The number of nitrogens with two attached hydrogens (primary N) is 1. The van der Waals surface area contributed by atoms with Gasteiger partial charge in [0.1, 0.15) is 12.0 Å². The summed E-state index contributed by atoms with van der Waals surface area (Å²) < 4.78 is 12.3. The number of likely N-dealkylation sites (tertiary alicyclic amines) is 1. The Kier molecular flexibility index (Phi) is 11.0. The zero-order valence-electron chi connectivity index (χ0n) is 28.1. The number of hydrogen-bond acceptors (Lipinski definition) is 7. The first-order valence-corrected chi connectivity index (χ1v) is 22.1. The molecule has 0 spiro atoms. The average Bonchev–Trinajstić information content (AvgIpc) is 3.59. The normalized spacial score (nSPS) is 16.7. The van der Waals surface area contributed by atoms with Crippen LogP contribution in [0.15, 0.2) is 116 Å². The van der Waals surface area contributed by atoms with E-state index in [1.54, 1.807) is 6.07 Å². The van der Waals surface area contributed by atoms with E-state index in [2.05, 4.69) is 6.58 Å². The highest BCUT2D eigenvalue weighted by molar-refractivity contribution is 7.96. The van der Waals surface area contributed by atoms with E-state index in [9.17, 15) is 19.2 Å². The first-order chi connectivity index (χ1) is 23.4. The van der Waals surface area contributed by atoms with Crippen LogP contribution < -0.4 is 21.6 Å². The summed E-state index contributed by atoms with van der Waals surface area (Å²) >= 11 is 1.01. The fraction of sp³-hybridized carbons (Fsp3) is 0.237. The molecule has 1 saturated heterocycles. The first kappa shape index (κ1) is 36.0. The predicted octanol–water partition coefficient (Wildman–Crippen LogP) is 5.34. The molecule has 49 heavy (non-hydrogen) atoms. The molecule has 5 rings (SSSR count). The highest BCUT2D eigenvalue weighted by Gasteiger charge is 2.56. The molecular weight excluding hydrogens is 672 g/mol. The van der Waals surface area contributed by atoms with Crippen LogP contribution in [-0.4, -0.2) is 61.0 Å². The van der Waals surface area contributed by atoms with Gasteiger partial charge in [-0.2, -0.15) is 0 Å². The van der Waals surface area contributed by atoms with Gasteiger partial charge in [0.25, 0.3) is 5.91 Å². The summed E-state index contributed by atoms with van der Waals surface area (Å²) in [6.45, 7) is 8.50. The lowest BCUT2D eigenvalue weighted by atomic mass is 9.80. The molecule has 4 aromatic rings. The molecule has 8 nitrogen and oxygen atoms in total. The maximum Gasteiger partial charge on any atom is 0.356 e. The van der Waals surface area contributed by atoms with E-state index in [-0.39, 0.29) is 35.0 Å². The van der Waals surface area contributed by atoms with Gasteiger partial charge in [-0.3, -0.25) is 14.4 Å². The first-order valence-electron chi connectivity index (χ1n) is 16.0. The number of rotatable bonds is 14. The number of carbonyl (C=O) groups excluding carboxylic acids is 4. The number of hydrogen-bond donors (Lipinski definition) is 1. The second-order valence-electron chi connectivity index (χ2n) is 12.8. The summed E-state index contributed by atoms with van der Waals surface area (Å²) in [4.78, 5) is 57.4. The average molecular weight is 713 g/mol. The Balaban J connectivity index is 1.84. The molecular formula is C38H41N2O6PSSi. The van der Waals surface area contributed by atoms with Crippen LogP contribution in [0.4, 0.5) is 0 Å². The standard InChI is InChI=1S/C38H41N2O6PSSi/c1-6-24-45-38(44)37(47(27-16-10-7-11-17-27,28-18-12-8-13-19-28)29-20-14-9-15-21-29)40-30(34(36(40)43)26(2)46-49(3,4)5)25-31(41)32-22-23-33(48-32)35(39)42/h6-23,26,30,34H,1,24-25H2,2-5H3,(H2,39,42). The third kappa shape index (κ3) is 7.33. The number of ketones is 1. The SMILES string of the molecule is C=CCOC(=O)C(N1C(=O)C(C(C)O[Si](C)(C)C)C1CC(=O)c1ccc(C(N)=O)s1)=P(c1ccccc1)(c1ccccc1)c1ccccc1. The van der Waals surface area contributed by atoms with Gasteiger partial charge >= 0.3 is 5.97 Å². The Hall–Kier alpha value is -4.34. The highest BCUT2D eigenvalue weighted by Crippen LogP contribution is 2.50. The molecule has 0 aliphatic carbocycles. The lowest BCUT2D eigenvalue weighted by Gasteiger charge is -2.52. The smallest absolute Gasteiger partial charge is 0.356 e. The zero-order valence-corrected chi connectivity index (χ0v) is 30.8. The molecule has 2 amide bonds. The van der Waals surface area contributed by atoms with E-state index in [0.29, 0.717) is 4.88 Å². The van der Waals surface area contributed by atoms with Crippen molar-refractivity contribution in [2.24, 2.45) is 11.7 Å². The molecule has 3 unspecified atom stereocenters. The van der Waals surface area contributed by atoms with Crippen molar-refractivity contribution >= 4 is 71.4 Å². The van der Waals surface area contributed by atoms with Crippen molar-refractivity contribution in [3.63, 3.8) is 0 Å². The molecule has 0 bridgehead atoms. The molecule has 2 N–H and O–H groups in total. The van der Waals surface area contributed by atoms with Crippen LogP contribution in [0.5, 0.6) is 0 Å². The van der Waals surface area contributed by atoms with E-state index in [1.807, 2.05) is 118 Å². The number of β-lactam (4-membered cyclic amide) rings is 1. The maximum absolute atomic E-state index is 14.7. The molecule has 0 saturated carbocycles. The van der Waals surface area contributed by atoms with E-state index in [4.69, 9.17) is 14.9 Å². The van der Waals surface area contributed by atoms with Gasteiger partial charge in [0, 0.05) is 13.3 Å². The van der Waals surface area contributed by atoms with Gasteiger partial charge in [0.15, 0.2) is 14.1 Å². The second-order valence-corrected chi connectivity index (χ2v) is 21.6. The summed E-state index contributed by atoms with van der Waals surface area (Å²) in [5.74, 6) is -2.58. The number of carbonyl (C=O) groups is 4. The number of benzene rings is 3. The van der Waals surface area contributed by atoms with Gasteiger partial charge in [-0.1, -0.05) is 104 Å². The monoisotopic (exact) mass is 712 g/mol. The summed E-state index contributed by atoms with van der Waals surface area (Å²) in [7, 11) is -2.13. The van der Waals surface area contributed by atoms with Crippen LogP contribution in [0.1, 0.15) is 32.7 Å². The van der Waals surface area contributed by atoms with E-state index in [1.165, 1.54) is 17.0 Å². The van der Waals surface area contributed by atoms with Crippen molar-refractivity contribution in [1.29, 1.82) is 0 Å². The fourth-order valence-corrected chi connectivity index (χ4v) is 12.9. The van der Waals surface area contributed by atoms with Crippen molar-refractivity contribution in [2.45, 2.75) is 45.1 Å². The van der Waals surface area contributed by atoms with E-state index in [0.717, 1.165) is 27.3 Å². The van der Waals surface area contributed by atoms with Crippen molar-refractivity contribution in [3.05, 3.63) is 126 Å². The Labute approximate surface area is 292 Å². The second kappa shape index (κ2) is 15.0. The molecule has 11 heteroatoms. The lowest BCUT2D eigenvalue weighted by Crippen LogP contribution is -2.69. The van der Waals surface area contributed by atoms with Gasteiger partial charge < -0.3 is 19.8 Å². The van der Waals surface area contributed by atoms with Crippen LogP contribution in [0.3, 0.4) is 0 Å². The van der Waals surface area contributed by atoms with Crippen LogP contribution in [-0.2, 0) is 18.8 Å². The summed E-state index contributed by atoms with van der Waals surface area (Å²) in [6.07, 6.45) is 0.855. The van der Waals surface area contributed by atoms with Gasteiger partial charge in [-0.25, -0.2) is 4.79 Å². The molecule has 2 heterocycles. The minimum atomic E-state index is -3.17. The largest absolute Gasteiger partial charge is 0.457 e. The third-order valence-electron chi connectivity index (χ3n) is 8.32. The third-order valence-corrected chi connectivity index (χ3v) is 14.8. The minimum absolute atomic E-state index is 0.0734. The van der Waals surface area contributed by atoms with Crippen molar-refractivity contribution in [1.82, 2.24) is 4.90 Å². The number of ether oxygens (including phenoxy) is 1. The molecule has 1 aliphatic rings. The highest BCUT2D eigenvalue weighted by atomic mass is 32.1. The van der Waals surface area contributed by atoms with Gasteiger partial charge in [-0.15, -0.1) is 11.3 Å². The summed E-state index contributed by atoms with van der Waals surface area (Å²) in [5, 5.41) is 2.53. The molecule has 254 valence electrons. The molecule has 1 aliphatic heterocycles. The Bertz CT molecular complexity index is 1800.